The third-order valence-electron chi connectivity index (χ3n) is 2.80. The average molecular weight is 154 g/mol. The molecule has 0 saturated carbocycles. The first-order valence-electron chi connectivity index (χ1n) is 4.29. The van der Waals surface area contributed by atoms with Gasteiger partial charge in [0, 0.05) is 25.6 Å². The zero-order valence-corrected chi connectivity index (χ0v) is 6.84. The van der Waals surface area contributed by atoms with Crippen molar-refractivity contribution in [2.45, 2.75) is 31.8 Å². The number of hydrogen-bond donors (Lipinski definition) is 1. The van der Waals surface area contributed by atoms with Gasteiger partial charge in [-0.05, 0) is 19.4 Å². The Morgan fingerprint density at radius 3 is 3.09 bits per heavy atom. The number of fused-ring (bicyclic) bond motifs is 1. The lowest BCUT2D eigenvalue weighted by molar-refractivity contribution is -0.129. The van der Waals surface area contributed by atoms with Crippen molar-refractivity contribution in [2.75, 3.05) is 13.1 Å². The van der Waals surface area contributed by atoms with E-state index in [-0.39, 0.29) is 5.91 Å². The van der Waals surface area contributed by atoms with Gasteiger partial charge in [-0.3, -0.25) is 4.79 Å². The third kappa shape index (κ3) is 1.03. The number of hydrogen-bond acceptors (Lipinski definition) is 2. The molecule has 3 heteroatoms. The molecule has 0 bridgehead atoms. The summed E-state index contributed by atoms with van der Waals surface area (Å²) < 4.78 is 0. The minimum absolute atomic E-state index is 0.237. The quantitative estimate of drug-likeness (QED) is 0.531. The summed E-state index contributed by atoms with van der Waals surface area (Å²) in [6.45, 7) is 3.71. The smallest absolute Gasteiger partial charge is 0.219 e. The van der Waals surface area contributed by atoms with Gasteiger partial charge in [-0.15, -0.1) is 0 Å². The van der Waals surface area contributed by atoms with Crippen molar-refractivity contribution in [3.8, 4) is 0 Å². The van der Waals surface area contributed by atoms with E-state index in [1.165, 1.54) is 0 Å². The van der Waals surface area contributed by atoms with E-state index in [1.54, 1.807) is 6.92 Å². The normalized spacial score (nSPS) is 35.9. The first-order chi connectivity index (χ1) is 5.29. The van der Waals surface area contributed by atoms with Crippen LogP contribution in [0.1, 0.15) is 19.8 Å². The van der Waals surface area contributed by atoms with Crippen LogP contribution in [0, 0.1) is 0 Å². The van der Waals surface area contributed by atoms with E-state index in [0.29, 0.717) is 12.1 Å². The van der Waals surface area contributed by atoms with Gasteiger partial charge in [0.05, 0.1) is 0 Å². The molecule has 0 spiro atoms. The maximum atomic E-state index is 11.1. The molecule has 2 aliphatic heterocycles. The van der Waals surface area contributed by atoms with Gasteiger partial charge in [0.15, 0.2) is 0 Å². The summed E-state index contributed by atoms with van der Waals surface area (Å²) in [5.41, 5.74) is 0. The zero-order chi connectivity index (χ0) is 7.84. The summed E-state index contributed by atoms with van der Waals surface area (Å²) in [4.78, 5) is 13.1. The highest BCUT2D eigenvalue weighted by Gasteiger charge is 2.38. The van der Waals surface area contributed by atoms with Crippen molar-refractivity contribution in [3.63, 3.8) is 0 Å². The van der Waals surface area contributed by atoms with Gasteiger partial charge < -0.3 is 10.2 Å². The van der Waals surface area contributed by atoms with E-state index >= 15 is 0 Å². The number of amides is 1. The second-order valence-electron chi connectivity index (χ2n) is 3.42. The molecule has 62 valence electrons. The second kappa shape index (κ2) is 2.48. The minimum atomic E-state index is 0.237. The Labute approximate surface area is 66.8 Å². The minimum Gasteiger partial charge on any atom is -0.338 e. The van der Waals surface area contributed by atoms with Gasteiger partial charge in [0.2, 0.25) is 5.91 Å². The van der Waals surface area contributed by atoms with Crippen LogP contribution >= 0.6 is 0 Å². The first-order valence-corrected chi connectivity index (χ1v) is 4.29. The van der Waals surface area contributed by atoms with Crippen LogP contribution in [0.4, 0.5) is 0 Å². The third-order valence-corrected chi connectivity index (χ3v) is 2.80. The summed E-state index contributed by atoms with van der Waals surface area (Å²) in [6, 6.07) is 1.10. The van der Waals surface area contributed by atoms with Gasteiger partial charge in [-0.1, -0.05) is 0 Å². The van der Waals surface area contributed by atoms with Crippen LogP contribution < -0.4 is 5.32 Å². The molecule has 0 radical (unpaired) electrons. The first kappa shape index (κ1) is 7.10. The summed E-state index contributed by atoms with van der Waals surface area (Å²) in [5.74, 6) is 0.237. The Balaban J connectivity index is 2.08. The molecule has 2 atom stereocenters. The highest BCUT2D eigenvalue weighted by Crippen LogP contribution is 2.24. The van der Waals surface area contributed by atoms with Gasteiger partial charge in [-0.25, -0.2) is 0 Å². The Hall–Kier alpha value is -0.570. The molecule has 0 aliphatic carbocycles. The molecule has 2 rings (SSSR count). The van der Waals surface area contributed by atoms with E-state index in [9.17, 15) is 4.79 Å². The van der Waals surface area contributed by atoms with Crippen molar-refractivity contribution in [1.29, 1.82) is 0 Å². The lowest BCUT2D eigenvalue weighted by Crippen LogP contribution is -2.37. The molecule has 11 heavy (non-hydrogen) atoms. The van der Waals surface area contributed by atoms with Gasteiger partial charge in [-0.2, -0.15) is 0 Å². The molecule has 3 nitrogen and oxygen atoms in total. The molecular formula is C8H14N2O. The Kier molecular flexibility index (Phi) is 1.60. The maximum absolute atomic E-state index is 11.1. The number of carbonyl (C=O) groups is 1. The summed E-state index contributed by atoms with van der Waals surface area (Å²) >= 11 is 0. The predicted molar refractivity (Wildman–Crippen MR) is 42.2 cm³/mol. The van der Waals surface area contributed by atoms with E-state index < -0.39 is 0 Å². The number of rotatable bonds is 0. The number of carbonyl (C=O) groups excluding carboxylic acids is 1. The molecule has 1 amide bonds. The Morgan fingerprint density at radius 1 is 1.55 bits per heavy atom. The fraction of sp³-hybridized carbons (Fsp3) is 0.875. The molecule has 2 heterocycles. The van der Waals surface area contributed by atoms with Gasteiger partial charge in [0.1, 0.15) is 0 Å². The van der Waals surface area contributed by atoms with Crippen molar-refractivity contribution < 1.29 is 4.79 Å². The van der Waals surface area contributed by atoms with Crippen LogP contribution in [-0.4, -0.2) is 36.0 Å². The molecule has 0 unspecified atom stereocenters. The van der Waals surface area contributed by atoms with E-state index in [4.69, 9.17) is 0 Å². The van der Waals surface area contributed by atoms with E-state index in [1.807, 2.05) is 4.90 Å². The highest BCUT2D eigenvalue weighted by molar-refractivity contribution is 5.74. The zero-order valence-electron chi connectivity index (χ0n) is 6.84. The van der Waals surface area contributed by atoms with Crippen LogP contribution in [0.15, 0.2) is 0 Å². The Morgan fingerprint density at radius 2 is 2.36 bits per heavy atom. The van der Waals surface area contributed by atoms with Crippen LogP contribution in [0.5, 0.6) is 0 Å². The van der Waals surface area contributed by atoms with Crippen LogP contribution in [0.3, 0.4) is 0 Å². The molecule has 2 fully saturated rings. The Bertz CT molecular complexity index is 181. The van der Waals surface area contributed by atoms with Crippen molar-refractivity contribution in [1.82, 2.24) is 10.2 Å². The lowest BCUT2D eigenvalue weighted by Gasteiger charge is -2.21. The van der Waals surface area contributed by atoms with Crippen molar-refractivity contribution >= 4 is 5.91 Å². The summed E-state index contributed by atoms with van der Waals surface area (Å²) in [6.07, 6.45) is 2.29. The fourth-order valence-corrected chi connectivity index (χ4v) is 2.26. The molecule has 1 N–H and O–H groups in total. The standard InChI is InChI=1S/C8H14N2O/c1-6(11)10-5-3-7-8(10)2-4-9-7/h7-9H,2-5H2,1H3/t7-,8-/m0/s1. The largest absolute Gasteiger partial charge is 0.338 e. The molecular weight excluding hydrogens is 140 g/mol. The lowest BCUT2D eigenvalue weighted by atomic mass is 10.1. The number of nitrogens with one attached hydrogen (secondary N) is 1. The fourth-order valence-electron chi connectivity index (χ4n) is 2.26. The predicted octanol–water partition coefficient (Wildman–Crippen LogP) is -0.0309. The average Bonchev–Trinajstić information content (AvgIpc) is 2.41. The molecule has 0 aromatic carbocycles. The maximum Gasteiger partial charge on any atom is 0.219 e. The molecule has 2 saturated heterocycles. The molecule has 2 aliphatic rings. The van der Waals surface area contributed by atoms with Gasteiger partial charge in [0.25, 0.3) is 0 Å². The SMILES string of the molecule is CC(=O)N1CC[C@@H]2NCC[C@@H]21. The van der Waals surface area contributed by atoms with E-state index in [0.717, 1.165) is 25.9 Å². The van der Waals surface area contributed by atoms with Crippen LogP contribution in [0.2, 0.25) is 0 Å². The summed E-state index contributed by atoms with van der Waals surface area (Å²) in [7, 11) is 0. The second-order valence-corrected chi connectivity index (χ2v) is 3.42. The highest BCUT2D eigenvalue weighted by atomic mass is 16.2. The number of nitrogens with zero attached hydrogens (tertiary/aromatic N) is 1. The van der Waals surface area contributed by atoms with Crippen molar-refractivity contribution in [2.24, 2.45) is 0 Å². The number of likely N-dealkylation sites (tertiary alicyclic amines) is 1. The molecule has 0 aromatic heterocycles. The monoisotopic (exact) mass is 154 g/mol. The van der Waals surface area contributed by atoms with Gasteiger partial charge >= 0.3 is 0 Å². The van der Waals surface area contributed by atoms with Crippen molar-refractivity contribution in [3.05, 3.63) is 0 Å². The van der Waals surface area contributed by atoms with E-state index in [2.05, 4.69) is 5.32 Å². The van der Waals surface area contributed by atoms with Crippen LogP contribution in [0.25, 0.3) is 0 Å². The topological polar surface area (TPSA) is 32.3 Å². The molecule has 0 aromatic rings. The summed E-state index contributed by atoms with van der Waals surface area (Å²) in [5, 5.41) is 3.41. The van der Waals surface area contributed by atoms with Crippen LogP contribution in [-0.2, 0) is 4.79 Å².